The number of hydrogen-bond acceptors (Lipinski definition) is 3. The molecule has 2 rings (SSSR count). The van der Waals surface area contributed by atoms with Crippen LogP contribution in [0.1, 0.15) is 39.5 Å². The van der Waals surface area contributed by atoms with Crippen molar-refractivity contribution in [2.24, 2.45) is 5.73 Å². The zero-order chi connectivity index (χ0) is 11.8. The summed E-state index contributed by atoms with van der Waals surface area (Å²) in [6.07, 6.45) is 4.44. The maximum absolute atomic E-state index is 11.8. The number of carbonyl (C=O) groups excluding carboxylic acids is 1. The van der Waals surface area contributed by atoms with Gasteiger partial charge >= 0.3 is 0 Å². The van der Waals surface area contributed by atoms with E-state index in [1.165, 1.54) is 12.8 Å². The molecule has 2 heterocycles. The monoisotopic (exact) mass is 225 g/mol. The molecule has 2 saturated heterocycles. The van der Waals surface area contributed by atoms with Crippen molar-refractivity contribution in [1.29, 1.82) is 0 Å². The lowest BCUT2D eigenvalue weighted by Gasteiger charge is -2.40. The Morgan fingerprint density at radius 2 is 2.19 bits per heavy atom. The Morgan fingerprint density at radius 3 is 2.81 bits per heavy atom. The van der Waals surface area contributed by atoms with Gasteiger partial charge in [0.1, 0.15) is 5.54 Å². The van der Waals surface area contributed by atoms with Gasteiger partial charge in [-0.2, -0.15) is 0 Å². The van der Waals surface area contributed by atoms with E-state index < -0.39 is 5.54 Å². The first kappa shape index (κ1) is 11.9. The number of nitrogens with one attached hydrogen (secondary N) is 1. The second-order valence-electron chi connectivity index (χ2n) is 5.43. The number of nitrogens with two attached hydrogens (primary N) is 1. The molecular formula is C12H23N3O. The quantitative estimate of drug-likeness (QED) is 0.734. The third kappa shape index (κ3) is 1.84. The maximum Gasteiger partial charge on any atom is 0.239 e. The summed E-state index contributed by atoms with van der Waals surface area (Å²) in [4.78, 5) is 14.3. The van der Waals surface area contributed by atoms with Gasteiger partial charge in [-0.3, -0.25) is 15.0 Å². The van der Waals surface area contributed by atoms with Crippen LogP contribution in [0.2, 0.25) is 0 Å². The summed E-state index contributed by atoms with van der Waals surface area (Å²) in [6.45, 7) is 6.29. The highest BCUT2D eigenvalue weighted by molar-refractivity contribution is 5.86. The fraction of sp³-hybridized carbons (Fsp3) is 0.917. The lowest BCUT2D eigenvalue weighted by atomic mass is 9.84. The van der Waals surface area contributed by atoms with Crippen LogP contribution in [0, 0.1) is 0 Å². The highest BCUT2D eigenvalue weighted by Crippen LogP contribution is 2.35. The molecule has 2 aliphatic rings. The number of hydrogen-bond donors (Lipinski definition) is 2. The van der Waals surface area contributed by atoms with Crippen molar-refractivity contribution < 1.29 is 4.79 Å². The van der Waals surface area contributed by atoms with E-state index in [1.807, 2.05) is 0 Å². The second-order valence-corrected chi connectivity index (χ2v) is 5.43. The summed E-state index contributed by atoms with van der Waals surface area (Å²) >= 11 is 0. The summed E-state index contributed by atoms with van der Waals surface area (Å²) in [5.41, 5.74) is 5.18. The van der Waals surface area contributed by atoms with Gasteiger partial charge in [0, 0.05) is 18.6 Å². The number of nitrogens with zero attached hydrogens (tertiary/aromatic N) is 1. The molecule has 0 aliphatic carbocycles. The Balaban J connectivity index is 2.22. The Labute approximate surface area is 97.6 Å². The van der Waals surface area contributed by atoms with Crippen molar-refractivity contribution in [2.75, 3.05) is 13.1 Å². The predicted octanol–water partition coefficient (Wildman–Crippen LogP) is 0.467. The van der Waals surface area contributed by atoms with Crippen LogP contribution in [-0.4, -0.2) is 41.5 Å². The Morgan fingerprint density at radius 1 is 1.44 bits per heavy atom. The number of amides is 1. The van der Waals surface area contributed by atoms with E-state index in [0.717, 1.165) is 25.9 Å². The normalized spacial score (nSPS) is 35.3. The molecule has 0 bridgehead atoms. The summed E-state index contributed by atoms with van der Waals surface area (Å²) in [5.74, 6) is -0.171. The lowest BCUT2D eigenvalue weighted by molar-refractivity contribution is -0.126. The van der Waals surface area contributed by atoms with Crippen LogP contribution in [0.15, 0.2) is 0 Å². The van der Waals surface area contributed by atoms with Gasteiger partial charge in [0.25, 0.3) is 0 Å². The number of primary amides is 1. The average molecular weight is 225 g/mol. The maximum atomic E-state index is 11.8. The van der Waals surface area contributed by atoms with Crippen molar-refractivity contribution in [3.63, 3.8) is 0 Å². The van der Waals surface area contributed by atoms with Gasteiger partial charge in [-0.05, 0) is 39.7 Å². The molecule has 4 heteroatoms. The molecule has 2 aliphatic heterocycles. The molecule has 0 aromatic rings. The van der Waals surface area contributed by atoms with E-state index in [-0.39, 0.29) is 5.91 Å². The molecule has 2 unspecified atom stereocenters. The standard InChI is InChI=1S/C12H23N3O/c1-9(2)14-12(11(13)16)6-8-15-7-4-3-5-10(12)15/h9-10,14H,3-8H2,1-2H3,(H2,13,16). The summed E-state index contributed by atoms with van der Waals surface area (Å²) in [6, 6.07) is 0.621. The van der Waals surface area contributed by atoms with Crippen LogP contribution < -0.4 is 11.1 Å². The van der Waals surface area contributed by atoms with Gasteiger partial charge in [0.2, 0.25) is 5.91 Å². The SMILES string of the molecule is CC(C)NC1(C(N)=O)CCN2CCCCC21. The zero-order valence-corrected chi connectivity index (χ0v) is 10.3. The van der Waals surface area contributed by atoms with Crippen molar-refractivity contribution in [2.45, 2.75) is 57.2 Å². The molecule has 3 N–H and O–H groups in total. The first-order valence-electron chi connectivity index (χ1n) is 6.38. The van der Waals surface area contributed by atoms with Crippen molar-refractivity contribution in [3.05, 3.63) is 0 Å². The summed E-state index contributed by atoms with van der Waals surface area (Å²) in [7, 11) is 0. The van der Waals surface area contributed by atoms with E-state index in [0.29, 0.717) is 12.1 Å². The minimum Gasteiger partial charge on any atom is -0.368 e. The first-order valence-corrected chi connectivity index (χ1v) is 6.38. The van der Waals surface area contributed by atoms with Crippen molar-refractivity contribution in [3.8, 4) is 0 Å². The number of fused-ring (bicyclic) bond motifs is 1. The Bertz CT molecular complexity index is 279. The third-order valence-electron chi connectivity index (χ3n) is 3.96. The molecule has 0 aromatic carbocycles. The van der Waals surface area contributed by atoms with E-state index in [1.54, 1.807) is 0 Å². The average Bonchev–Trinajstić information content (AvgIpc) is 2.58. The van der Waals surface area contributed by atoms with Gasteiger partial charge in [-0.25, -0.2) is 0 Å². The second kappa shape index (κ2) is 4.34. The van der Waals surface area contributed by atoms with Crippen molar-refractivity contribution in [1.82, 2.24) is 10.2 Å². The molecule has 0 radical (unpaired) electrons. The minimum absolute atomic E-state index is 0.171. The fourth-order valence-electron chi connectivity index (χ4n) is 3.35. The van der Waals surface area contributed by atoms with Crippen LogP contribution >= 0.6 is 0 Å². The van der Waals surface area contributed by atoms with Gasteiger partial charge in [0.15, 0.2) is 0 Å². The van der Waals surface area contributed by atoms with Gasteiger partial charge in [-0.1, -0.05) is 6.42 Å². The Hall–Kier alpha value is -0.610. The number of piperidine rings is 1. The number of carbonyl (C=O) groups is 1. The van der Waals surface area contributed by atoms with Gasteiger partial charge < -0.3 is 5.73 Å². The molecule has 0 saturated carbocycles. The van der Waals surface area contributed by atoms with Crippen LogP contribution in [0.25, 0.3) is 0 Å². The van der Waals surface area contributed by atoms with E-state index in [2.05, 4.69) is 24.1 Å². The van der Waals surface area contributed by atoms with E-state index in [9.17, 15) is 4.79 Å². The zero-order valence-electron chi connectivity index (χ0n) is 10.3. The Kier molecular flexibility index (Phi) is 3.22. The lowest BCUT2D eigenvalue weighted by Crippen LogP contribution is -2.64. The van der Waals surface area contributed by atoms with Crippen LogP contribution in [-0.2, 0) is 4.79 Å². The molecule has 0 aromatic heterocycles. The predicted molar refractivity (Wildman–Crippen MR) is 64.0 cm³/mol. The number of rotatable bonds is 3. The minimum atomic E-state index is -0.478. The van der Waals surface area contributed by atoms with Crippen LogP contribution in [0.3, 0.4) is 0 Å². The molecule has 4 nitrogen and oxygen atoms in total. The highest BCUT2D eigenvalue weighted by Gasteiger charge is 2.52. The van der Waals surface area contributed by atoms with Crippen molar-refractivity contribution >= 4 is 5.91 Å². The van der Waals surface area contributed by atoms with Gasteiger partial charge in [-0.15, -0.1) is 0 Å². The third-order valence-corrected chi connectivity index (χ3v) is 3.96. The molecule has 92 valence electrons. The molecular weight excluding hydrogens is 202 g/mol. The van der Waals surface area contributed by atoms with E-state index >= 15 is 0 Å². The topological polar surface area (TPSA) is 58.4 Å². The molecule has 2 fully saturated rings. The molecule has 1 amide bonds. The molecule has 0 spiro atoms. The smallest absolute Gasteiger partial charge is 0.239 e. The highest BCUT2D eigenvalue weighted by atomic mass is 16.1. The molecule has 2 atom stereocenters. The molecule has 16 heavy (non-hydrogen) atoms. The van der Waals surface area contributed by atoms with Crippen LogP contribution in [0.4, 0.5) is 0 Å². The van der Waals surface area contributed by atoms with Crippen LogP contribution in [0.5, 0.6) is 0 Å². The van der Waals surface area contributed by atoms with Gasteiger partial charge in [0.05, 0.1) is 0 Å². The first-order chi connectivity index (χ1) is 7.56. The summed E-state index contributed by atoms with van der Waals surface area (Å²) in [5, 5.41) is 3.44. The van der Waals surface area contributed by atoms with E-state index in [4.69, 9.17) is 5.73 Å². The largest absolute Gasteiger partial charge is 0.368 e. The summed E-state index contributed by atoms with van der Waals surface area (Å²) < 4.78 is 0. The fourth-order valence-corrected chi connectivity index (χ4v) is 3.35.